The molecular formula is C13H17NO4. The number of aliphatic hydroxyl groups is 1. The van der Waals surface area contributed by atoms with Crippen LogP contribution in [0.4, 0.5) is 0 Å². The maximum atomic E-state index is 11.9. The van der Waals surface area contributed by atoms with Crippen LogP contribution in [0.1, 0.15) is 42.5 Å². The van der Waals surface area contributed by atoms with Crippen molar-refractivity contribution in [2.24, 2.45) is 0 Å². The Morgan fingerprint density at radius 1 is 1.33 bits per heavy atom. The quantitative estimate of drug-likeness (QED) is 0.847. The smallest absolute Gasteiger partial charge is 0.341 e. The van der Waals surface area contributed by atoms with Crippen molar-refractivity contribution in [2.75, 3.05) is 0 Å². The summed E-state index contributed by atoms with van der Waals surface area (Å²) in [5.74, 6) is -1.23. The second kappa shape index (κ2) is 4.94. The van der Waals surface area contributed by atoms with Crippen molar-refractivity contribution in [1.29, 1.82) is 0 Å². The highest BCUT2D eigenvalue weighted by Gasteiger charge is 2.30. The number of carbonyl (C=O) groups is 1. The van der Waals surface area contributed by atoms with E-state index in [0.29, 0.717) is 12.8 Å². The van der Waals surface area contributed by atoms with Gasteiger partial charge in [0.25, 0.3) is 5.56 Å². The van der Waals surface area contributed by atoms with Gasteiger partial charge in [-0.3, -0.25) is 4.79 Å². The van der Waals surface area contributed by atoms with Crippen molar-refractivity contribution in [2.45, 2.75) is 44.2 Å². The van der Waals surface area contributed by atoms with Gasteiger partial charge in [-0.05, 0) is 25.0 Å². The average Bonchev–Trinajstić information content (AvgIpc) is 2.32. The number of rotatable bonds is 3. The first-order chi connectivity index (χ1) is 8.52. The van der Waals surface area contributed by atoms with Gasteiger partial charge < -0.3 is 14.8 Å². The molecule has 0 bridgehead atoms. The standard InChI is InChI=1S/C13H17NO4/c15-11-10(12(16)17)5-4-8-14(11)9-13(18)6-2-1-3-7-13/h4-5,8,18H,1-3,6-7,9H2,(H,16,17). The van der Waals surface area contributed by atoms with E-state index < -0.39 is 17.1 Å². The fourth-order valence-electron chi connectivity index (χ4n) is 2.51. The van der Waals surface area contributed by atoms with E-state index in [1.165, 1.54) is 22.9 Å². The molecule has 1 aromatic heterocycles. The molecule has 1 heterocycles. The Kier molecular flexibility index (Phi) is 3.52. The second-order valence-corrected chi connectivity index (χ2v) is 4.95. The highest BCUT2D eigenvalue weighted by molar-refractivity contribution is 5.86. The zero-order valence-corrected chi connectivity index (χ0v) is 10.1. The largest absolute Gasteiger partial charge is 0.477 e. The number of hydrogen-bond acceptors (Lipinski definition) is 3. The Labute approximate surface area is 105 Å². The predicted octanol–water partition coefficient (Wildman–Crippen LogP) is 1.24. The van der Waals surface area contributed by atoms with E-state index in [2.05, 4.69) is 0 Å². The van der Waals surface area contributed by atoms with Crippen molar-refractivity contribution in [3.05, 3.63) is 34.2 Å². The first-order valence-electron chi connectivity index (χ1n) is 6.17. The van der Waals surface area contributed by atoms with E-state index in [0.717, 1.165) is 19.3 Å². The lowest BCUT2D eigenvalue weighted by Gasteiger charge is -2.32. The van der Waals surface area contributed by atoms with Crippen molar-refractivity contribution >= 4 is 5.97 Å². The molecule has 1 saturated carbocycles. The molecule has 0 aromatic carbocycles. The van der Waals surface area contributed by atoms with Crippen molar-refractivity contribution < 1.29 is 15.0 Å². The molecule has 2 N–H and O–H groups in total. The Morgan fingerprint density at radius 2 is 2.00 bits per heavy atom. The van der Waals surface area contributed by atoms with Crippen molar-refractivity contribution in [1.82, 2.24) is 4.57 Å². The maximum Gasteiger partial charge on any atom is 0.341 e. The van der Waals surface area contributed by atoms with Gasteiger partial charge in [-0.25, -0.2) is 4.79 Å². The molecule has 0 radical (unpaired) electrons. The summed E-state index contributed by atoms with van der Waals surface area (Å²) in [6.45, 7) is 0.174. The van der Waals surface area contributed by atoms with Crippen LogP contribution < -0.4 is 5.56 Å². The van der Waals surface area contributed by atoms with Gasteiger partial charge in [-0.15, -0.1) is 0 Å². The molecule has 1 aliphatic carbocycles. The molecule has 0 aliphatic heterocycles. The fourth-order valence-corrected chi connectivity index (χ4v) is 2.51. The topological polar surface area (TPSA) is 79.5 Å². The average molecular weight is 251 g/mol. The fraction of sp³-hybridized carbons (Fsp3) is 0.538. The predicted molar refractivity (Wildman–Crippen MR) is 65.7 cm³/mol. The van der Waals surface area contributed by atoms with Gasteiger partial charge in [0.1, 0.15) is 5.56 Å². The van der Waals surface area contributed by atoms with Gasteiger partial charge in [-0.2, -0.15) is 0 Å². The highest BCUT2D eigenvalue weighted by atomic mass is 16.4. The molecular weight excluding hydrogens is 234 g/mol. The number of nitrogens with zero attached hydrogens (tertiary/aromatic N) is 1. The van der Waals surface area contributed by atoms with E-state index >= 15 is 0 Å². The number of aromatic carboxylic acids is 1. The van der Waals surface area contributed by atoms with E-state index in [1.54, 1.807) is 0 Å². The molecule has 1 fully saturated rings. The zero-order chi connectivity index (χ0) is 13.2. The van der Waals surface area contributed by atoms with Crippen LogP contribution in [-0.2, 0) is 6.54 Å². The molecule has 18 heavy (non-hydrogen) atoms. The molecule has 5 heteroatoms. The summed E-state index contributed by atoms with van der Waals surface area (Å²) >= 11 is 0. The maximum absolute atomic E-state index is 11.9. The zero-order valence-electron chi connectivity index (χ0n) is 10.1. The van der Waals surface area contributed by atoms with Crippen LogP contribution in [0.2, 0.25) is 0 Å². The molecule has 0 atom stereocenters. The Bertz CT molecular complexity index is 500. The van der Waals surface area contributed by atoms with E-state index in [1.807, 2.05) is 0 Å². The molecule has 0 spiro atoms. The van der Waals surface area contributed by atoms with Crippen LogP contribution >= 0.6 is 0 Å². The second-order valence-electron chi connectivity index (χ2n) is 4.95. The van der Waals surface area contributed by atoms with Crippen LogP contribution in [0.15, 0.2) is 23.1 Å². The van der Waals surface area contributed by atoms with Crippen molar-refractivity contribution in [3.63, 3.8) is 0 Å². The summed E-state index contributed by atoms with van der Waals surface area (Å²) in [7, 11) is 0. The number of carboxylic acids is 1. The van der Waals surface area contributed by atoms with Gasteiger partial charge >= 0.3 is 5.97 Å². The lowest BCUT2D eigenvalue weighted by molar-refractivity contribution is -0.0123. The first kappa shape index (κ1) is 12.8. The number of pyridine rings is 1. The Hall–Kier alpha value is -1.62. The number of hydrogen-bond donors (Lipinski definition) is 2. The van der Waals surface area contributed by atoms with Gasteiger partial charge in [0, 0.05) is 6.20 Å². The van der Waals surface area contributed by atoms with Crippen LogP contribution in [0.25, 0.3) is 0 Å². The summed E-state index contributed by atoms with van der Waals surface area (Å²) in [4.78, 5) is 22.8. The van der Waals surface area contributed by atoms with Gasteiger partial charge in [0.05, 0.1) is 12.1 Å². The summed E-state index contributed by atoms with van der Waals surface area (Å²) in [5.41, 5.74) is -1.68. The lowest BCUT2D eigenvalue weighted by Crippen LogP contribution is -2.40. The number of aromatic nitrogens is 1. The summed E-state index contributed by atoms with van der Waals surface area (Å²) in [6, 6.07) is 2.81. The lowest BCUT2D eigenvalue weighted by atomic mass is 9.85. The third-order valence-corrected chi connectivity index (χ3v) is 3.50. The summed E-state index contributed by atoms with van der Waals surface area (Å²) in [6.07, 6.45) is 5.86. The van der Waals surface area contributed by atoms with Crippen LogP contribution in [-0.4, -0.2) is 26.4 Å². The molecule has 0 saturated heterocycles. The SMILES string of the molecule is O=C(O)c1cccn(CC2(O)CCCCC2)c1=O. The Balaban J connectivity index is 2.26. The first-order valence-corrected chi connectivity index (χ1v) is 6.17. The van der Waals surface area contributed by atoms with Gasteiger partial charge in [0.2, 0.25) is 0 Å². The molecule has 2 rings (SSSR count). The normalized spacial score (nSPS) is 18.5. The van der Waals surface area contributed by atoms with Crippen LogP contribution in [0, 0.1) is 0 Å². The van der Waals surface area contributed by atoms with Crippen LogP contribution in [0.3, 0.4) is 0 Å². The highest BCUT2D eigenvalue weighted by Crippen LogP contribution is 2.29. The third-order valence-electron chi connectivity index (χ3n) is 3.50. The van der Waals surface area contributed by atoms with Crippen LogP contribution in [0.5, 0.6) is 0 Å². The molecule has 0 amide bonds. The van der Waals surface area contributed by atoms with Gasteiger partial charge in [-0.1, -0.05) is 19.3 Å². The molecule has 1 aromatic rings. The molecule has 98 valence electrons. The van der Waals surface area contributed by atoms with E-state index in [4.69, 9.17) is 5.11 Å². The summed E-state index contributed by atoms with van der Waals surface area (Å²) < 4.78 is 1.30. The molecule has 1 aliphatic rings. The van der Waals surface area contributed by atoms with Gasteiger partial charge in [0.15, 0.2) is 0 Å². The number of carboxylic acid groups (broad SMARTS) is 1. The van der Waals surface area contributed by atoms with E-state index in [-0.39, 0.29) is 12.1 Å². The summed E-state index contributed by atoms with van der Waals surface area (Å²) in [5, 5.41) is 19.3. The molecule has 0 unspecified atom stereocenters. The monoisotopic (exact) mass is 251 g/mol. The minimum atomic E-state index is -1.23. The third kappa shape index (κ3) is 2.61. The van der Waals surface area contributed by atoms with Crippen molar-refractivity contribution in [3.8, 4) is 0 Å². The molecule has 5 nitrogen and oxygen atoms in total. The Morgan fingerprint density at radius 3 is 2.61 bits per heavy atom. The minimum Gasteiger partial charge on any atom is -0.477 e. The minimum absolute atomic E-state index is 0.174. The van der Waals surface area contributed by atoms with E-state index in [9.17, 15) is 14.7 Å².